The summed E-state index contributed by atoms with van der Waals surface area (Å²) in [5, 5.41) is 0. The molecule has 0 bridgehead atoms. The molecule has 180 valence electrons. The van der Waals surface area contributed by atoms with Crippen molar-refractivity contribution in [2.45, 2.75) is 32.2 Å². The van der Waals surface area contributed by atoms with E-state index in [1.807, 2.05) is 6.07 Å². The van der Waals surface area contributed by atoms with Crippen molar-refractivity contribution >= 4 is 38.9 Å². The number of imidazole rings is 1. The monoisotopic (exact) mass is 537 g/mol. The van der Waals surface area contributed by atoms with Gasteiger partial charge in [0, 0.05) is 35.6 Å². The third kappa shape index (κ3) is 3.90. The number of nitrogens with zero attached hydrogens (tertiary/aromatic N) is 3. The Morgan fingerprint density at radius 1 is 0.972 bits per heavy atom. The molecule has 4 aromatic rings. The molecule has 1 saturated heterocycles. The lowest BCUT2D eigenvalue weighted by Crippen LogP contribution is -2.30. The van der Waals surface area contributed by atoms with Crippen molar-refractivity contribution in [3.8, 4) is 22.5 Å². The highest BCUT2D eigenvalue weighted by molar-refractivity contribution is 9.10. The first-order valence-electron chi connectivity index (χ1n) is 13.0. The molecule has 1 saturated carbocycles. The first-order valence-corrected chi connectivity index (χ1v) is 13.8. The molecule has 0 unspecified atom stereocenters. The van der Waals surface area contributed by atoms with Gasteiger partial charge in [-0.2, -0.15) is 0 Å². The number of likely N-dealkylation sites (tertiary alicyclic amines) is 1. The van der Waals surface area contributed by atoms with Gasteiger partial charge in [0.25, 0.3) is 0 Å². The van der Waals surface area contributed by atoms with Gasteiger partial charge >= 0.3 is 0 Å². The van der Waals surface area contributed by atoms with E-state index in [-0.39, 0.29) is 0 Å². The van der Waals surface area contributed by atoms with Crippen LogP contribution in [0.2, 0.25) is 0 Å². The summed E-state index contributed by atoms with van der Waals surface area (Å²) >= 11 is 3.78. The second-order valence-corrected chi connectivity index (χ2v) is 11.3. The van der Waals surface area contributed by atoms with E-state index in [2.05, 4.69) is 92.1 Å². The average molecular weight is 538 g/mol. The third-order valence-electron chi connectivity index (χ3n) is 7.94. The molecule has 3 aromatic carbocycles. The molecule has 0 N–H and O–H groups in total. The van der Waals surface area contributed by atoms with Gasteiger partial charge < -0.3 is 9.47 Å². The third-order valence-corrected chi connectivity index (χ3v) is 8.58. The van der Waals surface area contributed by atoms with E-state index >= 15 is 0 Å². The molecular weight excluding hydrogens is 510 g/mol. The second kappa shape index (κ2) is 8.74. The fourth-order valence-corrected chi connectivity index (χ4v) is 6.38. The van der Waals surface area contributed by atoms with E-state index in [0.29, 0.717) is 17.7 Å². The minimum Gasteiger partial charge on any atom is -0.342 e. The quantitative estimate of drug-likeness (QED) is 0.276. The van der Waals surface area contributed by atoms with Gasteiger partial charge in [0.1, 0.15) is 5.82 Å². The highest BCUT2D eigenvalue weighted by Crippen LogP contribution is 2.36. The number of aromatic nitrogens is 2. The van der Waals surface area contributed by atoms with Crippen LogP contribution < -0.4 is 0 Å². The van der Waals surface area contributed by atoms with E-state index in [9.17, 15) is 4.79 Å². The summed E-state index contributed by atoms with van der Waals surface area (Å²) in [6.45, 7) is 2.60. The predicted octanol–water partition coefficient (Wildman–Crippen LogP) is 6.96. The second-order valence-electron chi connectivity index (χ2n) is 10.5. The molecule has 2 heterocycles. The van der Waals surface area contributed by atoms with Gasteiger partial charge in [-0.1, -0.05) is 54.6 Å². The Hall–Kier alpha value is -3.18. The van der Waals surface area contributed by atoms with Crippen LogP contribution in [0.4, 0.5) is 0 Å². The molecule has 1 atom stereocenters. The molecule has 0 spiro atoms. The number of fused-ring (bicyclic) bond motifs is 2. The molecule has 2 aliphatic carbocycles. The number of carbonyl (C=O) groups excluding carboxylic acids is 1. The summed E-state index contributed by atoms with van der Waals surface area (Å²) in [7, 11) is 0. The van der Waals surface area contributed by atoms with Crippen LogP contribution in [-0.2, 0) is 17.8 Å². The van der Waals surface area contributed by atoms with Crippen LogP contribution in [0.5, 0.6) is 0 Å². The largest absolute Gasteiger partial charge is 0.342 e. The van der Waals surface area contributed by atoms with Gasteiger partial charge in [-0.15, -0.1) is 0 Å². The zero-order valence-electron chi connectivity index (χ0n) is 20.2. The molecular formula is C31H28BrN3O. The number of rotatable bonds is 5. The minimum absolute atomic E-state index is 0.294. The highest BCUT2D eigenvalue weighted by Gasteiger charge is 2.37. The molecule has 36 heavy (non-hydrogen) atoms. The number of allylic oxidation sites excluding steroid dienone is 1. The van der Waals surface area contributed by atoms with E-state index in [0.717, 1.165) is 72.2 Å². The minimum atomic E-state index is 0.294. The predicted molar refractivity (Wildman–Crippen MR) is 148 cm³/mol. The number of halogens is 1. The van der Waals surface area contributed by atoms with Crippen molar-refractivity contribution < 1.29 is 4.79 Å². The SMILES string of the molecule is O=C(C1CC1)N1CC[C@@H](Cn2c(-c3ccc(-c4ccc5c(c4)C=CC5)cc3)nc3cccc(Br)c32)C1. The Morgan fingerprint density at radius 3 is 2.61 bits per heavy atom. The van der Waals surface area contributed by atoms with Crippen molar-refractivity contribution in [2.24, 2.45) is 11.8 Å². The molecule has 1 amide bonds. The molecule has 3 aliphatic rings. The fraction of sp³-hybridized carbons (Fsp3) is 0.290. The number of carbonyl (C=O) groups is 1. The Labute approximate surface area is 219 Å². The van der Waals surface area contributed by atoms with Gasteiger partial charge in [-0.25, -0.2) is 4.98 Å². The maximum atomic E-state index is 12.6. The first-order chi connectivity index (χ1) is 17.6. The van der Waals surface area contributed by atoms with Crippen LogP contribution in [0.15, 0.2) is 71.2 Å². The van der Waals surface area contributed by atoms with Gasteiger partial charge in [-0.3, -0.25) is 4.79 Å². The molecule has 1 aliphatic heterocycles. The summed E-state index contributed by atoms with van der Waals surface area (Å²) < 4.78 is 3.43. The highest BCUT2D eigenvalue weighted by atomic mass is 79.9. The number of hydrogen-bond acceptors (Lipinski definition) is 2. The maximum Gasteiger partial charge on any atom is 0.225 e. The van der Waals surface area contributed by atoms with Crippen LogP contribution in [0, 0.1) is 11.8 Å². The zero-order chi connectivity index (χ0) is 24.2. The molecule has 5 heteroatoms. The Morgan fingerprint density at radius 2 is 1.78 bits per heavy atom. The van der Waals surface area contributed by atoms with Crippen molar-refractivity contribution in [2.75, 3.05) is 13.1 Å². The van der Waals surface area contributed by atoms with Crippen molar-refractivity contribution in [1.82, 2.24) is 14.5 Å². The van der Waals surface area contributed by atoms with Crippen LogP contribution in [0.3, 0.4) is 0 Å². The topological polar surface area (TPSA) is 38.1 Å². The molecule has 7 rings (SSSR count). The Balaban J connectivity index is 1.21. The van der Waals surface area contributed by atoms with Gasteiger partial charge in [0.2, 0.25) is 5.91 Å². The van der Waals surface area contributed by atoms with Crippen molar-refractivity contribution in [3.63, 3.8) is 0 Å². The number of para-hydroxylation sites is 1. The maximum absolute atomic E-state index is 12.6. The Kier molecular flexibility index (Phi) is 5.35. The van der Waals surface area contributed by atoms with E-state index in [1.54, 1.807) is 0 Å². The fourth-order valence-electron chi connectivity index (χ4n) is 5.81. The molecule has 0 radical (unpaired) electrons. The number of amides is 1. The average Bonchev–Trinajstić information content (AvgIpc) is 3.29. The lowest BCUT2D eigenvalue weighted by atomic mass is 9.99. The summed E-state index contributed by atoms with van der Waals surface area (Å²) in [6.07, 6.45) is 8.67. The number of benzene rings is 3. The lowest BCUT2D eigenvalue weighted by molar-refractivity contribution is -0.131. The summed E-state index contributed by atoms with van der Waals surface area (Å²) in [6, 6.07) is 21.8. The van der Waals surface area contributed by atoms with E-state index in [1.165, 1.54) is 22.3 Å². The molecule has 1 aromatic heterocycles. The molecule has 2 fully saturated rings. The van der Waals surface area contributed by atoms with Crippen LogP contribution in [0.1, 0.15) is 30.4 Å². The summed E-state index contributed by atoms with van der Waals surface area (Å²) in [5.74, 6) is 2.09. The van der Waals surface area contributed by atoms with E-state index in [4.69, 9.17) is 4.98 Å². The Bertz CT molecular complexity index is 1510. The zero-order valence-corrected chi connectivity index (χ0v) is 21.7. The van der Waals surface area contributed by atoms with Crippen molar-refractivity contribution in [1.29, 1.82) is 0 Å². The standard InChI is InChI=1S/C31H28BrN3O/c32-27-5-2-6-28-29(27)35(19-20-15-16-34(18-20)31(36)24-12-13-24)30(33-28)23-10-7-22(8-11-23)26-14-9-21-3-1-4-25(21)17-26/h1-2,4-11,14,17,20,24H,3,12-13,15-16,18-19H2/t20-/m1/s1. The summed E-state index contributed by atoms with van der Waals surface area (Å²) in [4.78, 5) is 19.8. The normalized spacial score (nSPS) is 18.8. The smallest absolute Gasteiger partial charge is 0.225 e. The summed E-state index contributed by atoms with van der Waals surface area (Å²) in [5.41, 5.74) is 8.44. The van der Waals surface area contributed by atoms with Gasteiger partial charge in [0.15, 0.2) is 0 Å². The van der Waals surface area contributed by atoms with Crippen molar-refractivity contribution in [3.05, 3.63) is 82.3 Å². The lowest BCUT2D eigenvalue weighted by Gasteiger charge is -2.18. The first kappa shape index (κ1) is 22.1. The van der Waals surface area contributed by atoms with Gasteiger partial charge in [0.05, 0.1) is 11.0 Å². The van der Waals surface area contributed by atoms with Crippen LogP contribution in [-0.4, -0.2) is 33.4 Å². The van der Waals surface area contributed by atoms with Crippen LogP contribution in [0.25, 0.3) is 39.6 Å². The van der Waals surface area contributed by atoms with Crippen LogP contribution >= 0.6 is 15.9 Å². The number of hydrogen-bond donors (Lipinski definition) is 0. The molecule has 4 nitrogen and oxygen atoms in total. The van der Waals surface area contributed by atoms with E-state index < -0.39 is 0 Å². The van der Waals surface area contributed by atoms with Gasteiger partial charge in [-0.05, 0) is 88.0 Å².